The fourth-order valence-electron chi connectivity index (χ4n) is 2.24. The van der Waals surface area contributed by atoms with Crippen molar-refractivity contribution < 1.29 is 0 Å². The van der Waals surface area contributed by atoms with E-state index in [4.69, 9.17) is 0 Å². The minimum absolute atomic E-state index is 0.836. The van der Waals surface area contributed by atoms with Gasteiger partial charge in [0.05, 0.1) is 0 Å². The Hall–Kier alpha value is -1.09. The van der Waals surface area contributed by atoms with Crippen LogP contribution in [0.3, 0.4) is 0 Å². The van der Waals surface area contributed by atoms with Crippen molar-refractivity contribution in [1.29, 1.82) is 0 Å². The number of hydrogen-bond donors (Lipinski definition) is 1. The normalized spacial score (nSPS) is 20.7. The summed E-state index contributed by atoms with van der Waals surface area (Å²) in [5.41, 5.74) is 1.42. The lowest BCUT2D eigenvalue weighted by Gasteiger charge is -2.31. The highest BCUT2D eigenvalue weighted by atomic mass is 15.2. The van der Waals surface area contributed by atoms with Crippen LogP contribution in [0.5, 0.6) is 0 Å². The molecule has 0 unspecified atom stereocenters. The van der Waals surface area contributed by atoms with Gasteiger partial charge in [0.2, 0.25) is 0 Å². The second-order valence-corrected chi connectivity index (χ2v) is 4.21. The van der Waals surface area contributed by atoms with Crippen LogP contribution in [0.1, 0.15) is 5.56 Å². The average molecular weight is 189 g/mol. The fraction of sp³-hybridized carbons (Fsp3) is 0.545. The van der Waals surface area contributed by atoms with Crippen molar-refractivity contribution in [1.82, 2.24) is 10.3 Å². The average Bonchev–Trinajstić information content (AvgIpc) is 2.55. The van der Waals surface area contributed by atoms with Gasteiger partial charge in [0.15, 0.2) is 0 Å². The van der Waals surface area contributed by atoms with Crippen LogP contribution in [-0.2, 0) is 6.42 Å². The smallest absolute Gasteiger partial charge is 0.131 e. The molecule has 74 valence electrons. The van der Waals surface area contributed by atoms with E-state index in [9.17, 15) is 0 Å². The van der Waals surface area contributed by atoms with Crippen molar-refractivity contribution in [3.63, 3.8) is 0 Å². The van der Waals surface area contributed by atoms with Gasteiger partial charge in [-0.15, -0.1) is 0 Å². The monoisotopic (exact) mass is 189 g/mol. The molecule has 3 nitrogen and oxygen atoms in total. The van der Waals surface area contributed by atoms with E-state index in [-0.39, 0.29) is 0 Å². The highest BCUT2D eigenvalue weighted by molar-refractivity contribution is 5.51. The first kappa shape index (κ1) is 8.24. The quantitative estimate of drug-likeness (QED) is 0.741. The van der Waals surface area contributed by atoms with E-state index in [0.717, 1.165) is 12.5 Å². The molecule has 0 atom stereocenters. The third-order valence-electron chi connectivity index (χ3n) is 3.16. The second-order valence-electron chi connectivity index (χ2n) is 4.21. The molecule has 1 aromatic heterocycles. The second kappa shape index (κ2) is 3.24. The molecular weight excluding hydrogens is 174 g/mol. The van der Waals surface area contributed by atoms with Crippen molar-refractivity contribution in [2.24, 2.45) is 5.92 Å². The fourth-order valence-corrected chi connectivity index (χ4v) is 2.24. The van der Waals surface area contributed by atoms with Gasteiger partial charge < -0.3 is 10.2 Å². The summed E-state index contributed by atoms with van der Waals surface area (Å²) in [6.07, 6.45) is 3.07. The van der Waals surface area contributed by atoms with Crippen LogP contribution < -0.4 is 10.2 Å². The van der Waals surface area contributed by atoms with Crippen molar-refractivity contribution in [2.75, 3.05) is 31.1 Å². The summed E-state index contributed by atoms with van der Waals surface area (Å²) in [4.78, 5) is 6.89. The highest BCUT2D eigenvalue weighted by Crippen LogP contribution is 2.25. The molecule has 1 aromatic rings. The van der Waals surface area contributed by atoms with Crippen LogP contribution in [0.2, 0.25) is 0 Å². The molecular formula is C11H15N3. The maximum absolute atomic E-state index is 4.46. The molecule has 14 heavy (non-hydrogen) atoms. The first-order valence-corrected chi connectivity index (χ1v) is 5.33. The van der Waals surface area contributed by atoms with Gasteiger partial charge in [-0.3, -0.25) is 0 Å². The van der Waals surface area contributed by atoms with Gasteiger partial charge in [0, 0.05) is 38.3 Å². The standard InChI is InChI=1S/C11H15N3/c1-2-10-3-5-14(11(10)13-4-1)8-9-6-12-7-9/h1-2,4,9,12H,3,5-8H2. The predicted octanol–water partition coefficient (Wildman–Crippen LogP) is 0.663. The summed E-state index contributed by atoms with van der Waals surface area (Å²) in [6.45, 7) is 4.69. The minimum atomic E-state index is 0.836. The topological polar surface area (TPSA) is 28.2 Å². The number of hydrogen-bond acceptors (Lipinski definition) is 3. The lowest BCUT2D eigenvalue weighted by atomic mass is 10.0. The van der Waals surface area contributed by atoms with Gasteiger partial charge in [0.25, 0.3) is 0 Å². The molecule has 0 spiro atoms. The predicted molar refractivity (Wildman–Crippen MR) is 56.5 cm³/mol. The molecule has 0 aliphatic carbocycles. The molecule has 0 saturated carbocycles. The summed E-state index contributed by atoms with van der Waals surface area (Å²) < 4.78 is 0. The van der Waals surface area contributed by atoms with Crippen LogP contribution in [-0.4, -0.2) is 31.2 Å². The SMILES string of the molecule is c1cnc2c(c1)CCN2CC1CNC1. The first-order chi connectivity index (χ1) is 6.93. The Kier molecular flexibility index (Phi) is 1.91. The molecule has 3 heteroatoms. The Labute approximate surface area is 84.1 Å². The number of fused-ring (bicyclic) bond motifs is 1. The lowest BCUT2D eigenvalue weighted by Crippen LogP contribution is -2.48. The molecule has 3 heterocycles. The van der Waals surface area contributed by atoms with Gasteiger partial charge >= 0.3 is 0 Å². The number of nitrogens with one attached hydrogen (secondary N) is 1. The van der Waals surface area contributed by atoms with Crippen LogP contribution in [0.15, 0.2) is 18.3 Å². The summed E-state index contributed by atoms with van der Waals surface area (Å²) in [5, 5.41) is 3.31. The van der Waals surface area contributed by atoms with Crippen LogP contribution >= 0.6 is 0 Å². The molecule has 1 fully saturated rings. The van der Waals surface area contributed by atoms with E-state index < -0.39 is 0 Å². The zero-order chi connectivity index (χ0) is 9.38. The molecule has 0 amide bonds. The van der Waals surface area contributed by atoms with Gasteiger partial charge in [-0.1, -0.05) is 6.07 Å². The van der Waals surface area contributed by atoms with Crippen LogP contribution in [0.4, 0.5) is 5.82 Å². The summed E-state index contributed by atoms with van der Waals surface area (Å²) >= 11 is 0. The molecule has 1 N–H and O–H groups in total. The molecule has 0 aromatic carbocycles. The van der Waals surface area contributed by atoms with Crippen LogP contribution in [0.25, 0.3) is 0 Å². The molecule has 1 saturated heterocycles. The van der Waals surface area contributed by atoms with E-state index in [1.807, 2.05) is 12.3 Å². The first-order valence-electron chi connectivity index (χ1n) is 5.33. The van der Waals surface area contributed by atoms with E-state index in [1.54, 1.807) is 0 Å². The lowest BCUT2D eigenvalue weighted by molar-refractivity contribution is 0.350. The summed E-state index contributed by atoms with van der Waals surface area (Å²) in [7, 11) is 0. The molecule has 2 aliphatic rings. The number of rotatable bonds is 2. The van der Waals surface area contributed by atoms with E-state index >= 15 is 0 Å². The number of nitrogens with zero attached hydrogens (tertiary/aromatic N) is 2. The number of pyridine rings is 1. The zero-order valence-corrected chi connectivity index (χ0v) is 8.24. The molecule has 0 radical (unpaired) electrons. The summed E-state index contributed by atoms with van der Waals surface area (Å²) in [5.74, 6) is 2.06. The van der Waals surface area contributed by atoms with E-state index in [1.165, 1.54) is 37.4 Å². The largest absolute Gasteiger partial charge is 0.356 e. The zero-order valence-electron chi connectivity index (χ0n) is 8.24. The van der Waals surface area contributed by atoms with Crippen molar-refractivity contribution in [3.8, 4) is 0 Å². The Balaban J connectivity index is 1.76. The van der Waals surface area contributed by atoms with Crippen LogP contribution in [0, 0.1) is 5.92 Å². The summed E-state index contributed by atoms with van der Waals surface area (Å²) in [6, 6.07) is 4.23. The third-order valence-corrected chi connectivity index (χ3v) is 3.16. The number of anilines is 1. The molecule has 3 rings (SSSR count). The Morgan fingerprint density at radius 1 is 1.50 bits per heavy atom. The van der Waals surface area contributed by atoms with Gasteiger partial charge in [0.1, 0.15) is 5.82 Å². The maximum atomic E-state index is 4.46. The maximum Gasteiger partial charge on any atom is 0.131 e. The Morgan fingerprint density at radius 3 is 3.21 bits per heavy atom. The van der Waals surface area contributed by atoms with Crippen molar-refractivity contribution >= 4 is 5.82 Å². The molecule has 2 aliphatic heterocycles. The Morgan fingerprint density at radius 2 is 2.43 bits per heavy atom. The minimum Gasteiger partial charge on any atom is -0.356 e. The Bertz CT molecular complexity index is 333. The van der Waals surface area contributed by atoms with Gasteiger partial charge in [-0.05, 0) is 18.1 Å². The van der Waals surface area contributed by atoms with E-state index in [2.05, 4.69) is 21.3 Å². The highest BCUT2D eigenvalue weighted by Gasteiger charge is 2.25. The number of aromatic nitrogens is 1. The molecule has 0 bridgehead atoms. The van der Waals surface area contributed by atoms with Crippen molar-refractivity contribution in [2.45, 2.75) is 6.42 Å². The third kappa shape index (κ3) is 1.28. The van der Waals surface area contributed by atoms with Gasteiger partial charge in [-0.25, -0.2) is 4.98 Å². The van der Waals surface area contributed by atoms with Gasteiger partial charge in [-0.2, -0.15) is 0 Å². The van der Waals surface area contributed by atoms with E-state index in [0.29, 0.717) is 0 Å². The van der Waals surface area contributed by atoms with Crippen molar-refractivity contribution in [3.05, 3.63) is 23.9 Å².